The normalized spacial score (nSPS) is 14.1. The molecule has 0 saturated carbocycles. The molecule has 0 aliphatic carbocycles. The second kappa shape index (κ2) is 5.46. The Kier molecular flexibility index (Phi) is 4.50. The van der Waals surface area contributed by atoms with Gasteiger partial charge in [-0.2, -0.15) is 5.10 Å². The van der Waals surface area contributed by atoms with E-state index in [1.807, 2.05) is 17.8 Å². The molecule has 1 atom stereocenters. The van der Waals surface area contributed by atoms with E-state index in [1.54, 1.807) is 0 Å². The van der Waals surface area contributed by atoms with E-state index in [0.29, 0.717) is 5.92 Å². The Labute approximate surface area is 97.7 Å². The van der Waals surface area contributed by atoms with Gasteiger partial charge in [0, 0.05) is 31.5 Å². The summed E-state index contributed by atoms with van der Waals surface area (Å²) in [5.74, 6) is 0.303. The number of aromatic nitrogens is 2. The molecular formula is C12H23N3O. The number of nitrogens with zero attached hydrogens (tertiary/aromatic N) is 2. The summed E-state index contributed by atoms with van der Waals surface area (Å²) in [5, 5.41) is 16.5. The summed E-state index contributed by atoms with van der Waals surface area (Å²) in [6.07, 6.45) is 3.96. The minimum Gasteiger partial charge on any atom is -0.396 e. The molecule has 1 aromatic rings. The molecule has 4 nitrogen and oxygen atoms in total. The lowest BCUT2D eigenvalue weighted by molar-refractivity contribution is 0.233. The molecule has 92 valence electrons. The molecule has 0 aliphatic rings. The lowest BCUT2D eigenvalue weighted by Crippen LogP contribution is -2.23. The average Bonchev–Trinajstić information content (AvgIpc) is 2.65. The van der Waals surface area contributed by atoms with Gasteiger partial charge < -0.3 is 10.4 Å². The van der Waals surface area contributed by atoms with Crippen molar-refractivity contribution < 1.29 is 5.11 Å². The van der Waals surface area contributed by atoms with Crippen molar-refractivity contribution >= 4 is 0 Å². The Morgan fingerprint density at radius 3 is 2.69 bits per heavy atom. The topological polar surface area (TPSA) is 50.1 Å². The molecule has 1 unspecified atom stereocenters. The maximum absolute atomic E-state index is 8.89. The first-order valence-electron chi connectivity index (χ1n) is 5.79. The second-order valence-corrected chi connectivity index (χ2v) is 5.38. The highest BCUT2D eigenvalue weighted by Gasteiger charge is 2.13. The Morgan fingerprint density at radius 2 is 2.19 bits per heavy atom. The molecule has 1 rings (SSSR count). The van der Waals surface area contributed by atoms with E-state index >= 15 is 0 Å². The highest BCUT2D eigenvalue weighted by atomic mass is 16.3. The van der Waals surface area contributed by atoms with Crippen LogP contribution < -0.4 is 5.32 Å². The largest absolute Gasteiger partial charge is 0.396 e. The van der Waals surface area contributed by atoms with E-state index in [0.717, 1.165) is 13.1 Å². The Balaban J connectivity index is 2.41. The Hall–Kier alpha value is -0.870. The molecule has 0 aliphatic heterocycles. The van der Waals surface area contributed by atoms with Crippen LogP contribution in [0.4, 0.5) is 0 Å². The molecule has 1 aromatic heterocycles. The van der Waals surface area contributed by atoms with Crippen LogP contribution >= 0.6 is 0 Å². The van der Waals surface area contributed by atoms with Gasteiger partial charge in [-0.3, -0.25) is 4.68 Å². The quantitative estimate of drug-likeness (QED) is 0.795. The van der Waals surface area contributed by atoms with Crippen LogP contribution in [0.2, 0.25) is 0 Å². The lowest BCUT2D eigenvalue weighted by Gasteiger charge is -2.18. The lowest BCUT2D eigenvalue weighted by atomic mass is 10.1. The van der Waals surface area contributed by atoms with Gasteiger partial charge >= 0.3 is 0 Å². The highest BCUT2D eigenvalue weighted by molar-refractivity contribution is 5.04. The van der Waals surface area contributed by atoms with Crippen molar-refractivity contribution in [2.45, 2.75) is 39.8 Å². The maximum atomic E-state index is 8.89. The van der Waals surface area contributed by atoms with E-state index in [-0.39, 0.29) is 12.1 Å². The second-order valence-electron chi connectivity index (χ2n) is 5.38. The fraction of sp³-hybridized carbons (Fsp3) is 0.750. The molecule has 0 saturated heterocycles. The first-order valence-corrected chi connectivity index (χ1v) is 5.79. The summed E-state index contributed by atoms with van der Waals surface area (Å²) in [6.45, 7) is 10.3. The summed E-state index contributed by atoms with van der Waals surface area (Å²) in [6, 6.07) is 0. The molecule has 0 aromatic carbocycles. The maximum Gasteiger partial charge on any atom is 0.0543 e. The smallest absolute Gasteiger partial charge is 0.0543 e. The summed E-state index contributed by atoms with van der Waals surface area (Å²) in [7, 11) is 0. The number of aliphatic hydroxyl groups excluding tert-OH is 1. The van der Waals surface area contributed by atoms with Gasteiger partial charge in [-0.15, -0.1) is 0 Å². The third-order valence-corrected chi connectivity index (χ3v) is 2.46. The van der Waals surface area contributed by atoms with Crippen LogP contribution in [0.15, 0.2) is 12.4 Å². The Bertz CT molecular complexity index is 314. The monoisotopic (exact) mass is 225 g/mol. The van der Waals surface area contributed by atoms with Crippen LogP contribution in [-0.4, -0.2) is 28.0 Å². The Morgan fingerprint density at radius 1 is 1.50 bits per heavy atom. The van der Waals surface area contributed by atoms with Crippen molar-refractivity contribution in [3.8, 4) is 0 Å². The zero-order chi connectivity index (χ0) is 12.2. The van der Waals surface area contributed by atoms with Gasteiger partial charge in [-0.25, -0.2) is 0 Å². The van der Waals surface area contributed by atoms with Crippen LogP contribution in [0.3, 0.4) is 0 Å². The molecule has 4 heteroatoms. The molecule has 0 radical (unpaired) electrons. The van der Waals surface area contributed by atoms with E-state index in [1.165, 1.54) is 5.56 Å². The van der Waals surface area contributed by atoms with Crippen molar-refractivity contribution in [3.05, 3.63) is 18.0 Å². The van der Waals surface area contributed by atoms with E-state index in [2.05, 4.69) is 37.4 Å². The number of nitrogens with one attached hydrogen (secondary N) is 1. The summed E-state index contributed by atoms with van der Waals surface area (Å²) >= 11 is 0. The van der Waals surface area contributed by atoms with Gasteiger partial charge in [-0.05, 0) is 26.7 Å². The minimum atomic E-state index is 0.0383. The van der Waals surface area contributed by atoms with Gasteiger partial charge in [-0.1, -0.05) is 6.92 Å². The third kappa shape index (κ3) is 3.94. The fourth-order valence-corrected chi connectivity index (χ4v) is 1.35. The zero-order valence-corrected chi connectivity index (χ0v) is 10.7. The third-order valence-electron chi connectivity index (χ3n) is 2.46. The predicted molar refractivity (Wildman–Crippen MR) is 65.2 cm³/mol. The SMILES string of the molecule is CC(CO)CNCc1cnn(C(C)(C)C)c1. The van der Waals surface area contributed by atoms with Crippen LogP contribution in [-0.2, 0) is 12.1 Å². The standard InChI is InChI=1S/C12H23N3O/c1-10(9-16)5-13-6-11-7-14-15(8-11)12(2,3)4/h7-8,10,13,16H,5-6,9H2,1-4H3. The van der Waals surface area contributed by atoms with E-state index in [4.69, 9.17) is 5.11 Å². The zero-order valence-electron chi connectivity index (χ0n) is 10.7. The molecule has 2 N–H and O–H groups in total. The number of hydrogen-bond donors (Lipinski definition) is 2. The molecule has 0 spiro atoms. The molecule has 0 fully saturated rings. The van der Waals surface area contributed by atoms with Crippen molar-refractivity contribution in [1.82, 2.24) is 15.1 Å². The number of hydrogen-bond acceptors (Lipinski definition) is 3. The molecule has 0 bridgehead atoms. The van der Waals surface area contributed by atoms with Crippen LogP contribution in [0.1, 0.15) is 33.3 Å². The van der Waals surface area contributed by atoms with Gasteiger partial charge in [0.2, 0.25) is 0 Å². The first-order chi connectivity index (χ1) is 7.43. The van der Waals surface area contributed by atoms with Crippen LogP contribution in [0, 0.1) is 5.92 Å². The molecule has 16 heavy (non-hydrogen) atoms. The number of aliphatic hydroxyl groups is 1. The summed E-state index contributed by atoms with van der Waals surface area (Å²) in [4.78, 5) is 0. The van der Waals surface area contributed by atoms with Gasteiger partial charge in [0.05, 0.1) is 11.7 Å². The van der Waals surface area contributed by atoms with Gasteiger partial charge in [0.25, 0.3) is 0 Å². The van der Waals surface area contributed by atoms with Crippen molar-refractivity contribution in [3.63, 3.8) is 0 Å². The number of rotatable bonds is 5. The fourth-order valence-electron chi connectivity index (χ4n) is 1.35. The first kappa shape index (κ1) is 13.2. The van der Waals surface area contributed by atoms with Crippen molar-refractivity contribution in [2.75, 3.05) is 13.2 Å². The predicted octanol–water partition coefficient (Wildman–Crippen LogP) is 1.36. The van der Waals surface area contributed by atoms with Crippen molar-refractivity contribution in [1.29, 1.82) is 0 Å². The van der Waals surface area contributed by atoms with Crippen LogP contribution in [0.5, 0.6) is 0 Å². The minimum absolute atomic E-state index is 0.0383. The van der Waals surface area contributed by atoms with Crippen LogP contribution in [0.25, 0.3) is 0 Å². The molecular weight excluding hydrogens is 202 g/mol. The van der Waals surface area contributed by atoms with E-state index in [9.17, 15) is 0 Å². The summed E-state index contributed by atoms with van der Waals surface area (Å²) < 4.78 is 1.97. The average molecular weight is 225 g/mol. The molecule has 1 heterocycles. The van der Waals surface area contributed by atoms with Crippen molar-refractivity contribution in [2.24, 2.45) is 5.92 Å². The van der Waals surface area contributed by atoms with Gasteiger partial charge in [0.1, 0.15) is 0 Å². The highest BCUT2D eigenvalue weighted by Crippen LogP contribution is 2.12. The van der Waals surface area contributed by atoms with E-state index < -0.39 is 0 Å². The molecule has 0 amide bonds. The van der Waals surface area contributed by atoms with Gasteiger partial charge in [0.15, 0.2) is 0 Å². The summed E-state index contributed by atoms with van der Waals surface area (Å²) in [5.41, 5.74) is 1.22.